The lowest BCUT2D eigenvalue weighted by atomic mass is 9.99. The Morgan fingerprint density at radius 3 is 1.62 bits per heavy atom. The number of hydrogen-bond acceptors (Lipinski definition) is 4. The van der Waals surface area contributed by atoms with Gasteiger partial charge in [-0.2, -0.15) is 0 Å². The molecule has 0 spiro atoms. The third kappa shape index (κ3) is 5.78. The van der Waals surface area contributed by atoms with Gasteiger partial charge < -0.3 is 4.57 Å². The lowest BCUT2D eigenvalue weighted by molar-refractivity contribution is 0.200. The van der Waals surface area contributed by atoms with Gasteiger partial charge >= 0.3 is 0 Å². The summed E-state index contributed by atoms with van der Waals surface area (Å²) >= 11 is 0. The number of benzene rings is 7. The van der Waals surface area contributed by atoms with Gasteiger partial charge in [0.1, 0.15) is 6.17 Å². The smallest absolute Gasteiger partial charge is 0.104 e. The average Bonchev–Trinajstić information content (AvgIpc) is 3.59. The van der Waals surface area contributed by atoms with Crippen LogP contribution in [0.2, 0.25) is 0 Å². The van der Waals surface area contributed by atoms with Crippen molar-refractivity contribution in [3.8, 4) is 27.9 Å². The predicted octanol–water partition coefficient (Wildman–Crippen LogP) is 10.8. The summed E-state index contributed by atoms with van der Waals surface area (Å²) in [5, 5.41) is 16.6. The number of pyridine rings is 1. The van der Waals surface area contributed by atoms with E-state index < -0.39 is 0 Å². The quantitative estimate of drug-likeness (QED) is 0.163. The molecular weight excluding hydrogens is 647 g/mol. The molecule has 10 rings (SSSR count). The molecule has 1 saturated heterocycles. The molecule has 9 aromatic rings. The van der Waals surface area contributed by atoms with Crippen molar-refractivity contribution in [3.05, 3.63) is 205 Å². The zero-order chi connectivity index (χ0) is 35.1. The Kier molecular flexibility index (Phi) is 7.88. The van der Waals surface area contributed by atoms with E-state index in [1.54, 1.807) is 0 Å². The van der Waals surface area contributed by atoms with Gasteiger partial charge in [0.05, 0.1) is 40.9 Å². The van der Waals surface area contributed by atoms with Gasteiger partial charge in [-0.15, -0.1) is 0 Å². The molecule has 5 nitrogen and oxygen atoms in total. The second-order valence-electron chi connectivity index (χ2n) is 13.8. The molecule has 5 heteroatoms. The van der Waals surface area contributed by atoms with Crippen LogP contribution >= 0.6 is 0 Å². The summed E-state index contributed by atoms with van der Waals surface area (Å²) in [6, 6.07) is 64.8. The van der Waals surface area contributed by atoms with Crippen molar-refractivity contribution in [1.82, 2.24) is 25.5 Å². The van der Waals surface area contributed by atoms with Crippen molar-refractivity contribution in [2.24, 2.45) is 0 Å². The minimum absolute atomic E-state index is 0.137. The maximum absolute atomic E-state index is 5.15. The van der Waals surface area contributed by atoms with Crippen LogP contribution in [0, 0.1) is 0 Å². The van der Waals surface area contributed by atoms with Gasteiger partial charge in [0, 0.05) is 10.8 Å². The molecule has 1 fully saturated rings. The van der Waals surface area contributed by atoms with E-state index in [2.05, 4.69) is 203 Å². The van der Waals surface area contributed by atoms with Gasteiger partial charge in [-0.3, -0.25) is 20.9 Å². The summed E-state index contributed by atoms with van der Waals surface area (Å²) in [5.41, 5.74) is 11.4. The summed E-state index contributed by atoms with van der Waals surface area (Å²) in [7, 11) is 0. The molecule has 0 radical (unpaired) electrons. The van der Waals surface area contributed by atoms with Gasteiger partial charge in [-0.25, -0.2) is 0 Å². The molecule has 0 bridgehead atoms. The largest absolute Gasteiger partial charge is 0.308 e. The van der Waals surface area contributed by atoms with Crippen molar-refractivity contribution in [2.45, 2.75) is 18.5 Å². The number of nitrogens with zero attached hydrogens (tertiary/aromatic N) is 2. The molecule has 0 aliphatic carbocycles. The SMILES string of the molecule is c1ccc(-c2cccc(C3NC(c4cccc(-c5ccccc5)c4)NC(c4ccc(-n5c6ccccc6c6c7ccccc7ccc65)cn4)N3)c2)cc1. The molecule has 2 unspecified atom stereocenters. The van der Waals surface area contributed by atoms with E-state index in [0.717, 1.165) is 22.5 Å². The first-order valence-electron chi connectivity index (χ1n) is 18.2. The molecule has 3 heterocycles. The fourth-order valence-electron chi connectivity index (χ4n) is 7.97. The van der Waals surface area contributed by atoms with Gasteiger partial charge in [-0.05, 0) is 80.6 Å². The van der Waals surface area contributed by atoms with E-state index in [-0.39, 0.29) is 18.5 Å². The van der Waals surface area contributed by atoms with Gasteiger partial charge in [0.2, 0.25) is 0 Å². The van der Waals surface area contributed by atoms with Gasteiger partial charge in [0.15, 0.2) is 0 Å². The normalized spacial score (nSPS) is 17.4. The van der Waals surface area contributed by atoms with Crippen molar-refractivity contribution in [1.29, 1.82) is 0 Å². The topological polar surface area (TPSA) is 53.9 Å². The Morgan fingerprint density at radius 2 is 0.981 bits per heavy atom. The number of hydrogen-bond donors (Lipinski definition) is 3. The maximum Gasteiger partial charge on any atom is 0.104 e. The monoisotopic (exact) mass is 683 g/mol. The minimum Gasteiger partial charge on any atom is -0.308 e. The summed E-state index contributed by atoms with van der Waals surface area (Å²) in [5.74, 6) is 0. The van der Waals surface area contributed by atoms with Crippen LogP contribution in [0.5, 0.6) is 0 Å². The molecule has 3 N–H and O–H groups in total. The van der Waals surface area contributed by atoms with E-state index in [1.807, 2.05) is 6.20 Å². The molecule has 254 valence electrons. The zero-order valence-electron chi connectivity index (χ0n) is 29.0. The summed E-state index contributed by atoms with van der Waals surface area (Å²) < 4.78 is 2.34. The van der Waals surface area contributed by atoms with Crippen LogP contribution in [0.3, 0.4) is 0 Å². The lowest BCUT2D eigenvalue weighted by Crippen LogP contribution is -2.54. The first-order valence-corrected chi connectivity index (χ1v) is 18.2. The predicted molar refractivity (Wildman–Crippen MR) is 217 cm³/mol. The molecule has 1 aliphatic rings. The van der Waals surface area contributed by atoms with Crippen molar-refractivity contribution in [2.75, 3.05) is 0 Å². The summed E-state index contributed by atoms with van der Waals surface area (Å²) in [4.78, 5) is 5.15. The second kappa shape index (κ2) is 13.3. The molecule has 7 aromatic carbocycles. The van der Waals surface area contributed by atoms with E-state index in [1.165, 1.54) is 54.8 Å². The molecule has 2 atom stereocenters. The third-order valence-electron chi connectivity index (χ3n) is 10.5. The Balaban J connectivity index is 1.04. The van der Waals surface area contributed by atoms with Crippen molar-refractivity contribution < 1.29 is 0 Å². The van der Waals surface area contributed by atoms with Crippen LogP contribution in [0.15, 0.2) is 188 Å². The second-order valence-corrected chi connectivity index (χ2v) is 13.8. The third-order valence-corrected chi connectivity index (χ3v) is 10.5. The van der Waals surface area contributed by atoms with Crippen LogP contribution in [0.1, 0.15) is 35.3 Å². The number of aromatic nitrogens is 2. The maximum atomic E-state index is 5.15. The first kappa shape index (κ1) is 31.4. The number of fused-ring (bicyclic) bond motifs is 5. The number of rotatable bonds is 6. The van der Waals surface area contributed by atoms with E-state index in [9.17, 15) is 0 Å². The Hall–Kier alpha value is -6.37. The minimum atomic E-state index is -0.219. The van der Waals surface area contributed by atoms with Crippen LogP contribution in [0.4, 0.5) is 0 Å². The molecule has 2 aromatic heterocycles. The molecule has 53 heavy (non-hydrogen) atoms. The molecular formula is C48H37N5. The molecule has 0 saturated carbocycles. The Labute approximate surface area is 308 Å². The average molecular weight is 684 g/mol. The fraction of sp³-hybridized carbons (Fsp3) is 0.0625. The van der Waals surface area contributed by atoms with Gasteiger partial charge in [0.25, 0.3) is 0 Å². The molecule has 0 amide bonds. The fourth-order valence-corrected chi connectivity index (χ4v) is 7.97. The van der Waals surface area contributed by atoms with Crippen LogP contribution in [-0.4, -0.2) is 9.55 Å². The lowest BCUT2D eigenvalue weighted by Gasteiger charge is -2.39. The highest BCUT2D eigenvalue weighted by Gasteiger charge is 2.31. The zero-order valence-corrected chi connectivity index (χ0v) is 29.0. The summed E-state index contributed by atoms with van der Waals surface area (Å²) in [6.07, 6.45) is 1.52. The van der Waals surface area contributed by atoms with E-state index in [0.29, 0.717) is 0 Å². The Bertz CT molecular complexity index is 2630. The molecule has 1 aliphatic heterocycles. The van der Waals surface area contributed by atoms with Gasteiger partial charge in [-0.1, -0.05) is 146 Å². The number of nitrogens with one attached hydrogen (secondary N) is 3. The standard InChI is InChI=1S/C48H37N5/c1-3-13-32(14-4-1)35-18-11-20-37(29-35)46-50-47(38-21-12-19-36(30-38)33-15-5-2-6-16-33)52-48(51-46)42-27-26-39(31-49-42)53-43-24-10-9-23-41(43)45-40-22-8-7-17-34(40)25-28-44(45)53/h1-31,46-48,50-52H. The first-order chi connectivity index (χ1) is 26.3. The van der Waals surface area contributed by atoms with Crippen LogP contribution in [0.25, 0.3) is 60.5 Å². The van der Waals surface area contributed by atoms with Crippen LogP contribution < -0.4 is 16.0 Å². The highest BCUT2D eigenvalue weighted by atomic mass is 15.4. The van der Waals surface area contributed by atoms with Crippen molar-refractivity contribution >= 4 is 32.6 Å². The Morgan fingerprint density at radius 1 is 0.415 bits per heavy atom. The number of para-hydroxylation sites is 1. The summed E-state index contributed by atoms with van der Waals surface area (Å²) in [6.45, 7) is 0. The highest BCUT2D eigenvalue weighted by Crippen LogP contribution is 2.37. The van der Waals surface area contributed by atoms with Crippen LogP contribution in [-0.2, 0) is 0 Å². The van der Waals surface area contributed by atoms with E-state index >= 15 is 0 Å². The van der Waals surface area contributed by atoms with Crippen molar-refractivity contribution in [3.63, 3.8) is 0 Å². The highest BCUT2D eigenvalue weighted by molar-refractivity contribution is 6.21. The van der Waals surface area contributed by atoms with E-state index in [4.69, 9.17) is 4.98 Å².